The van der Waals surface area contributed by atoms with Gasteiger partial charge in [-0.2, -0.15) is 0 Å². The SMILES string of the molecule is CCCCCCCCCCC(=O)O[C@H](COC(C)=O)COP(=O)(O)OCC[N+](C)(C)C. The Morgan fingerprint density at radius 1 is 0.935 bits per heavy atom. The third-order valence-electron chi connectivity index (χ3n) is 4.45. The van der Waals surface area contributed by atoms with Crippen LogP contribution in [0.25, 0.3) is 0 Å². The molecule has 1 unspecified atom stereocenters. The number of ether oxygens (including phenoxy) is 2. The van der Waals surface area contributed by atoms with Crippen molar-refractivity contribution in [3.05, 3.63) is 0 Å². The number of hydrogen-bond acceptors (Lipinski definition) is 7. The molecule has 0 aliphatic heterocycles. The van der Waals surface area contributed by atoms with Crippen LogP contribution in [0.4, 0.5) is 0 Å². The topological polar surface area (TPSA) is 108 Å². The van der Waals surface area contributed by atoms with E-state index in [2.05, 4.69) is 6.92 Å². The molecule has 184 valence electrons. The van der Waals surface area contributed by atoms with E-state index in [1.165, 1.54) is 32.6 Å². The molecule has 0 saturated carbocycles. The Kier molecular flexibility index (Phi) is 16.1. The first kappa shape index (κ1) is 30.0. The molecule has 0 aromatic carbocycles. The third-order valence-corrected chi connectivity index (χ3v) is 5.43. The second-order valence-electron chi connectivity index (χ2n) is 8.75. The molecule has 10 heteroatoms. The molecule has 0 saturated heterocycles. The summed E-state index contributed by atoms with van der Waals surface area (Å²) in [5.74, 6) is -0.999. The molecule has 0 heterocycles. The van der Waals surface area contributed by atoms with Crippen molar-refractivity contribution >= 4 is 19.8 Å². The van der Waals surface area contributed by atoms with E-state index in [0.717, 1.165) is 19.3 Å². The van der Waals surface area contributed by atoms with Crippen LogP contribution in [0.15, 0.2) is 0 Å². The fourth-order valence-electron chi connectivity index (χ4n) is 2.62. The second-order valence-corrected chi connectivity index (χ2v) is 10.2. The molecule has 0 aromatic rings. The summed E-state index contributed by atoms with van der Waals surface area (Å²) < 4.78 is 32.6. The van der Waals surface area contributed by atoms with Gasteiger partial charge in [-0.05, 0) is 6.42 Å². The summed E-state index contributed by atoms with van der Waals surface area (Å²) in [6, 6.07) is 0. The smallest absolute Gasteiger partial charge is 0.462 e. The van der Waals surface area contributed by atoms with Crippen LogP contribution in [0.5, 0.6) is 0 Å². The van der Waals surface area contributed by atoms with E-state index in [9.17, 15) is 19.0 Å². The number of rotatable bonds is 19. The highest BCUT2D eigenvalue weighted by molar-refractivity contribution is 7.47. The van der Waals surface area contributed by atoms with E-state index in [4.69, 9.17) is 18.5 Å². The summed E-state index contributed by atoms with van der Waals surface area (Å²) in [6.07, 6.45) is 8.11. The summed E-state index contributed by atoms with van der Waals surface area (Å²) in [4.78, 5) is 33.0. The van der Waals surface area contributed by atoms with Crippen LogP contribution < -0.4 is 0 Å². The van der Waals surface area contributed by atoms with Crippen molar-refractivity contribution in [1.82, 2.24) is 0 Å². The van der Waals surface area contributed by atoms with E-state index >= 15 is 0 Å². The minimum Gasteiger partial charge on any atom is -0.462 e. The number of carbonyl (C=O) groups is 2. The Morgan fingerprint density at radius 2 is 1.52 bits per heavy atom. The van der Waals surface area contributed by atoms with E-state index in [0.29, 0.717) is 17.4 Å². The molecular weight excluding hydrogens is 425 g/mol. The molecule has 0 fully saturated rings. The van der Waals surface area contributed by atoms with Crippen LogP contribution >= 0.6 is 7.82 Å². The van der Waals surface area contributed by atoms with Gasteiger partial charge in [0.15, 0.2) is 6.10 Å². The molecule has 0 radical (unpaired) electrons. The fraction of sp³-hybridized carbons (Fsp3) is 0.905. The average molecular weight is 469 g/mol. The van der Waals surface area contributed by atoms with Crippen LogP contribution in [-0.2, 0) is 32.7 Å². The highest BCUT2D eigenvalue weighted by Crippen LogP contribution is 2.43. The van der Waals surface area contributed by atoms with Gasteiger partial charge in [0, 0.05) is 13.3 Å². The largest absolute Gasteiger partial charge is 0.472 e. The minimum absolute atomic E-state index is 0.0319. The number of esters is 2. The van der Waals surface area contributed by atoms with Gasteiger partial charge in [-0.15, -0.1) is 0 Å². The summed E-state index contributed by atoms with van der Waals surface area (Å²) in [6.45, 7) is 3.30. The van der Waals surface area contributed by atoms with Gasteiger partial charge in [0.1, 0.15) is 19.8 Å². The van der Waals surface area contributed by atoms with Gasteiger partial charge in [-0.25, -0.2) is 4.57 Å². The summed E-state index contributed by atoms with van der Waals surface area (Å²) in [5.41, 5.74) is 0. The molecule has 2 atom stereocenters. The van der Waals surface area contributed by atoms with E-state index in [1.54, 1.807) is 0 Å². The molecule has 0 aromatic heterocycles. The van der Waals surface area contributed by atoms with Gasteiger partial charge in [-0.3, -0.25) is 18.6 Å². The Labute approximate surface area is 187 Å². The normalized spacial score (nSPS) is 14.6. The van der Waals surface area contributed by atoms with Gasteiger partial charge in [0.25, 0.3) is 0 Å². The molecular formula is C21H43NO8P+. The lowest BCUT2D eigenvalue weighted by molar-refractivity contribution is -0.870. The molecule has 0 rings (SSSR count). The summed E-state index contributed by atoms with van der Waals surface area (Å²) in [7, 11) is 1.47. The van der Waals surface area contributed by atoms with Crippen LogP contribution in [0.2, 0.25) is 0 Å². The van der Waals surface area contributed by atoms with Gasteiger partial charge in [0.05, 0.1) is 27.7 Å². The van der Waals surface area contributed by atoms with Gasteiger partial charge in [0.2, 0.25) is 0 Å². The van der Waals surface area contributed by atoms with Crippen molar-refractivity contribution in [2.24, 2.45) is 0 Å². The quantitative estimate of drug-likeness (QED) is 0.132. The zero-order valence-electron chi connectivity index (χ0n) is 20.0. The molecule has 0 bridgehead atoms. The molecule has 9 nitrogen and oxygen atoms in total. The minimum atomic E-state index is -4.31. The van der Waals surface area contributed by atoms with Crippen LogP contribution in [0.1, 0.15) is 71.6 Å². The number of carbonyl (C=O) groups excluding carboxylic acids is 2. The van der Waals surface area contributed by atoms with Crippen LogP contribution in [0, 0.1) is 0 Å². The number of quaternary nitrogens is 1. The van der Waals surface area contributed by atoms with Crippen molar-refractivity contribution in [2.75, 3.05) is 47.5 Å². The Hall–Kier alpha value is -0.990. The fourth-order valence-corrected chi connectivity index (χ4v) is 3.36. The van der Waals surface area contributed by atoms with Gasteiger partial charge < -0.3 is 18.9 Å². The molecule has 0 amide bonds. The number of phosphoric ester groups is 1. The highest BCUT2D eigenvalue weighted by atomic mass is 31.2. The van der Waals surface area contributed by atoms with Crippen LogP contribution in [0.3, 0.4) is 0 Å². The van der Waals surface area contributed by atoms with Gasteiger partial charge >= 0.3 is 19.8 Å². The lowest BCUT2D eigenvalue weighted by atomic mass is 10.1. The zero-order valence-corrected chi connectivity index (χ0v) is 20.9. The highest BCUT2D eigenvalue weighted by Gasteiger charge is 2.26. The Balaban J connectivity index is 4.31. The van der Waals surface area contributed by atoms with E-state index in [-0.39, 0.29) is 19.6 Å². The first-order chi connectivity index (χ1) is 14.4. The molecule has 31 heavy (non-hydrogen) atoms. The first-order valence-corrected chi connectivity index (χ1v) is 12.7. The van der Waals surface area contributed by atoms with Crippen molar-refractivity contribution in [3.63, 3.8) is 0 Å². The monoisotopic (exact) mass is 468 g/mol. The third kappa shape index (κ3) is 20.7. The van der Waals surface area contributed by atoms with Crippen molar-refractivity contribution < 1.29 is 42.1 Å². The Morgan fingerprint density at radius 3 is 2.06 bits per heavy atom. The second kappa shape index (κ2) is 16.6. The molecule has 0 spiro atoms. The molecule has 0 aliphatic rings. The maximum absolute atomic E-state index is 12.1. The molecule has 0 aliphatic carbocycles. The lowest BCUT2D eigenvalue weighted by Gasteiger charge is -2.24. The maximum Gasteiger partial charge on any atom is 0.472 e. The van der Waals surface area contributed by atoms with Crippen LogP contribution in [-0.4, -0.2) is 74.9 Å². The number of hydrogen-bond donors (Lipinski definition) is 1. The number of likely N-dealkylation sites (N-methyl/N-ethyl adjacent to an activating group) is 1. The number of unbranched alkanes of at least 4 members (excludes halogenated alkanes) is 7. The summed E-state index contributed by atoms with van der Waals surface area (Å²) >= 11 is 0. The predicted molar refractivity (Wildman–Crippen MR) is 118 cm³/mol. The maximum atomic E-state index is 12.1. The predicted octanol–water partition coefficient (Wildman–Crippen LogP) is 3.83. The standard InChI is InChI=1S/C21H42NO8P/c1-6-7-8-9-10-11-12-13-14-21(24)30-20(17-27-19(2)23)18-29-31(25,26)28-16-15-22(3,4)5/h20H,6-18H2,1-5H3/p+1/t20-/m1/s1. The Bertz CT molecular complexity index is 550. The van der Waals surface area contributed by atoms with E-state index in [1.807, 2.05) is 21.1 Å². The number of phosphoric acid groups is 1. The van der Waals surface area contributed by atoms with Crippen molar-refractivity contribution in [3.8, 4) is 0 Å². The number of nitrogens with zero attached hydrogens (tertiary/aromatic N) is 1. The lowest BCUT2D eigenvalue weighted by Crippen LogP contribution is -2.37. The molecule has 1 N–H and O–H groups in total. The average Bonchev–Trinajstić information content (AvgIpc) is 2.64. The van der Waals surface area contributed by atoms with Crippen molar-refractivity contribution in [1.29, 1.82) is 0 Å². The van der Waals surface area contributed by atoms with Crippen molar-refractivity contribution in [2.45, 2.75) is 77.7 Å². The zero-order chi connectivity index (χ0) is 23.8. The first-order valence-electron chi connectivity index (χ1n) is 11.2. The van der Waals surface area contributed by atoms with Gasteiger partial charge in [-0.1, -0.05) is 51.9 Å². The van der Waals surface area contributed by atoms with E-state index < -0.39 is 32.5 Å². The summed E-state index contributed by atoms with van der Waals surface area (Å²) in [5, 5.41) is 0.